The lowest BCUT2D eigenvalue weighted by molar-refractivity contribution is 0.101. The van der Waals surface area contributed by atoms with Crippen LogP contribution in [0.4, 0.5) is 5.69 Å². The Morgan fingerprint density at radius 3 is 2.54 bits per heavy atom. The summed E-state index contributed by atoms with van der Waals surface area (Å²) in [6, 6.07) is 3.67. The summed E-state index contributed by atoms with van der Waals surface area (Å²) >= 11 is 0. The lowest BCUT2D eigenvalue weighted by Crippen LogP contribution is -2.03. The molecule has 0 saturated heterocycles. The highest BCUT2D eigenvalue weighted by atomic mass is 16.1. The van der Waals surface area contributed by atoms with E-state index in [1.807, 2.05) is 19.9 Å². The molecule has 0 radical (unpaired) electrons. The summed E-state index contributed by atoms with van der Waals surface area (Å²) in [4.78, 5) is 11.3. The Kier molecular flexibility index (Phi) is 2.71. The molecule has 1 aromatic rings. The van der Waals surface area contributed by atoms with Gasteiger partial charge in [0.2, 0.25) is 0 Å². The van der Waals surface area contributed by atoms with Crippen molar-refractivity contribution in [3.63, 3.8) is 0 Å². The van der Waals surface area contributed by atoms with Crippen molar-refractivity contribution in [2.24, 2.45) is 0 Å². The van der Waals surface area contributed by atoms with Crippen molar-refractivity contribution in [3.8, 4) is 0 Å². The molecule has 0 aliphatic rings. The van der Waals surface area contributed by atoms with Crippen LogP contribution in [0.2, 0.25) is 0 Å². The van der Waals surface area contributed by atoms with Crippen LogP contribution in [0.25, 0.3) is 0 Å². The van der Waals surface area contributed by atoms with Gasteiger partial charge in [0.1, 0.15) is 0 Å². The summed E-state index contributed by atoms with van der Waals surface area (Å²) in [6.07, 6.45) is 0.876. The monoisotopic (exact) mass is 177 g/mol. The number of ketones is 1. The third kappa shape index (κ3) is 1.89. The molecule has 1 aromatic carbocycles. The molecule has 0 aromatic heterocycles. The Balaban J connectivity index is 3.38. The van der Waals surface area contributed by atoms with E-state index < -0.39 is 0 Å². The summed E-state index contributed by atoms with van der Waals surface area (Å²) in [7, 11) is 0. The van der Waals surface area contributed by atoms with E-state index in [2.05, 4.69) is 0 Å². The number of carbonyl (C=O) groups is 1. The number of nitrogen functional groups attached to an aromatic ring is 1. The molecule has 2 N–H and O–H groups in total. The van der Waals surface area contributed by atoms with Crippen LogP contribution < -0.4 is 5.73 Å². The van der Waals surface area contributed by atoms with Crippen molar-refractivity contribution >= 4 is 11.5 Å². The van der Waals surface area contributed by atoms with Crippen LogP contribution in [-0.2, 0) is 6.42 Å². The molecule has 0 aliphatic heterocycles. The van der Waals surface area contributed by atoms with Gasteiger partial charge < -0.3 is 5.73 Å². The predicted octanol–water partition coefficient (Wildman–Crippen LogP) is 2.34. The predicted molar refractivity (Wildman–Crippen MR) is 55.0 cm³/mol. The van der Waals surface area contributed by atoms with E-state index in [1.54, 1.807) is 13.0 Å². The highest BCUT2D eigenvalue weighted by molar-refractivity contribution is 5.96. The lowest BCUT2D eigenvalue weighted by Gasteiger charge is -2.09. The quantitative estimate of drug-likeness (QED) is 0.556. The van der Waals surface area contributed by atoms with Crippen LogP contribution in [-0.4, -0.2) is 5.78 Å². The molecule has 1 rings (SSSR count). The molecule has 0 atom stereocenters. The third-order valence-electron chi connectivity index (χ3n) is 2.23. The van der Waals surface area contributed by atoms with Gasteiger partial charge in [0.15, 0.2) is 5.78 Å². The molecule has 0 amide bonds. The fourth-order valence-electron chi connectivity index (χ4n) is 1.63. The van der Waals surface area contributed by atoms with Crippen LogP contribution in [0.15, 0.2) is 12.1 Å². The Morgan fingerprint density at radius 2 is 2.08 bits per heavy atom. The van der Waals surface area contributed by atoms with E-state index in [-0.39, 0.29) is 5.78 Å². The first-order chi connectivity index (χ1) is 6.06. The molecule has 0 spiro atoms. The Labute approximate surface area is 78.8 Å². The second-order valence-corrected chi connectivity index (χ2v) is 3.27. The van der Waals surface area contributed by atoms with Gasteiger partial charge in [-0.2, -0.15) is 0 Å². The number of carbonyl (C=O) groups excluding carboxylic acids is 1. The molecule has 13 heavy (non-hydrogen) atoms. The first-order valence-electron chi connectivity index (χ1n) is 4.46. The number of rotatable bonds is 2. The van der Waals surface area contributed by atoms with Gasteiger partial charge in [0.25, 0.3) is 0 Å². The van der Waals surface area contributed by atoms with Crippen molar-refractivity contribution in [1.29, 1.82) is 0 Å². The molecule has 0 bridgehead atoms. The zero-order valence-electron chi connectivity index (χ0n) is 8.35. The maximum atomic E-state index is 11.3. The van der Waals surface area contributed by atoms with Crippen LogP contribution in [0.5, 0.6) is 0 Å². The molecule has 70 valence electrons. The van der Waals surface area contributed by atoms with Gasteiger partial charge >= 0.3 is 0 Å². The Hall–Kier alpha value is -1.31. The normalized spacial score (nSPS) is 10.1. The molecule has 0 heterocycles. The summed E-state index contributed by atoms with van der Waals surface area (Å²) < 4.78 is 0. The molecule has 0 fully saturated rings. The van der Waals surface area contributed by atoms with Gasteiger partial charge in [0.05, 0.1) is 0 Å². The van der Waals surface area contributed by atoms with E-state index in [4.69, 9.17) is 5.73 Å². The number of anilines is 1. The van der Waals surface area contributed by atoms with Crippen molar-refractivity contribution in [2.75, 3.05) is 5.73 Å². The fourth-order valence-corrected chi connectivity index (χ4v) is 1.63. The summed E-state index contributed by atoms with van der Waals surface area (Å²) in [5.74, 6) is 0.0900. The van der Waals surface area contributed by atoms with Gasteiger partial charge in [-0.3, -0.25) is 4.79 Å². The van der Waals surface area contributed by atoms with Crippen LogP contribution in [0, 0.1) is 6.92 Å². The smallest absolute Gasteiger partial charge is 0.160 e. The zero-order valence-corrected chi connectivity index (χ0v) is 8.35. The number of benzene rings is 1. The van der Waals surface area contributed by atoms with Gasteiger partial charge in [-0.15, -0.1) is 0 Å². The summed E-state index contributed by atoms with van der Waals surface area (Å²) in [6.45, 7) is 5.61. The molecule has 0 unspecified atom stereocenters. The first kappa shape index (κ1) is 9.78. The molecular formula is C11H15NO. The van der Waals surface area contributed by atoms with E-state index in [0.717, 1.165) is 23.1 Å². The SMILES string of the molecule is CCc1c(C)cc(N)cc1C(C)=O. The van der Waals surface area contributed by atoms with Crippen LogP contribution >= 0.6 is 0 Å². The molecule has 2 nitrogen and oxygen atoms in total. The average Bonchev–Trinajstić information content (AvgIpc) is 2.02. The van der Waals surface area contributed by atoms with Gasteiger partial charge in [-0.25, -0.2) is 0 Å². The molecule has 0 saturated carbocycles. The van der Waals surface area contributed by atoms with E-state index in [1.165, 1.54) is 0 Å². The van der Waals surface area contributed by atoms with Gasteiger partial charge in [-0.05, 0) is 43.5 Å². The zero-order chi connectivity index (χ0) is 10.0. The average molecular weight is 177 g/mol. The van der Waals surface area contributed by atoms with Crippen LogP contribution in [0.3, 0.4) is 0 Å². The summed E-state index contributed by atoms with van der Waals surface area (Å²) in [5, 5.41) is 0. The topological polar surface area (TPSA) is 43.1 Å². The first-order valence-corrected chi connectivity index (χ1v) is 4.46. The number of aryl methyl sites for hydroxylation is 1. The highest BCUT2D eigenvalue weighted by Crippen LogP contribution is 2.19. The number of hydrogen-bond donors (Lipinski definition) is 1. The van der Waals surface area contributed by atoms with E-state index in [0.29, 0.717) is 5.69 Å². The van der Waals surface area contributed by atoms with Crippen molar-refractivity contribution in [1.82, 2.24) is 0 Å². The van der Waals surface area contributed by atoms with Gasteiger partial charge in [0, 0.05) is 11.3 Å². The minimum absolute atomic E-state index is 0.0900. The second-order valence-electron chi connectivity index (χ2n) is 3.27. The largest absolute Gasteiger partial charge is 0.399 e. The minimum Gasteiger partial charge on any atom is -0.399 e. The fraction of sp³-hybridized carbons (Fsp3) is 0.364. The van der Waals surface area contributed by atoms with Crippen LogP contribution in [0.1, 0.15) is 35.3 Å². The third-order valence-corrected chi connectivity index (χ3v) is 2.23. The van der Waals surface area contributed by atoms with Crippen molar-refractivity contribution in [3.05, 3.63) is 28.8 Å². The Morgan fingerprint density at radius 1 is 1.46 bits per heavy atom. The number of hydrogen-bond acceptors (Lipinski definition) is 2. The lowest BCUT2D eigenvalue weighted by atomic mass is 9.96. The number of nitrogens with two attached hydrogens (primary N) is 1. The maximum Gasteiger partial charge on any atom is 0.160 e. The molecule has 0 aliphatic carbocycles. The standard InChI is InChI=1S/C11H15NO/c1-4-10-7(2)5-9(12)6-11(10)8(3)13/h5-6H,4,12H2,1-3H3. The van der Waals surface area contributed by atoms with E-state index in [9.17, 15) is 4.79 Å². The van der Waals surface area contributed by atoms with Crippen molar-refractivity contribution < 1.29 is 4.79 Å². The molecule has 2 heteroatoms. The number of Topliss-reactive ketones (excluding diaryl/α,β-unsaturated/α-hetero) is 1. The van der Waals surface area contributed by atoms with E-state index >= 15 is 0 Å². The van der Waals surface area contributed by atoms with Crippen molar-refractivity contribution in [2.45, 2.75) is 27.2 Å². The summed E-state index contributed by atoms with van der Waals surface area (Å²) in [5.41, 5.74) is 9.32. The highest BCUT2D eigenvalue weighted by Gasteiger charge is 2.08. The maximum absolute atomic E-state index is 11.3. The van der Waals surface area contributed by atoms with Gasteiger partial charge in [-0.1, -0.05) is 6.92 Å². The molecular weight excluding hydrogens is 162 g/mol. The second kappa shape index (κ2) is 3.60. The minimum atomic E-state index is 0.0900. The Bertz CT molecular complexity index is 342.